The number of rotatable bonds is 9. The van der Waals surface area contributed by atoms with Gasteiger partial charge in [0.15, 0.2) is 11.5 Å². The monoisotopic (exact) mass is 404 g/mol. The average molecular weight is 405 g/mol. The molecule has 0 atom stereocenters. The van der Waals surface area contributed by atoms with Gasteiger partial charge in [0.25, 0.3) is 0 Å². The Labute approximate surface area is 175 Å². The fraction of sp³-hybridized carbons (Fsp3) is 0.500. The topological polar surface area (TPSA) is 35.1 Å². The zero-order valence-electron chi connectivity index (χ0n) is 18.1. The van der Waals surface area contributed by atoms with E-state index < -0.39 is 0 Å². The minimum atomic E-state index is 0.152. The molecule has 4 heteroatoms. The molecule has 2 N–H and O–H groups in total. The first kappa shape index (κ1) is 22.6. The number of nitrogens with two attached hydrogens (primary N) is 1. The van der Waals surface area contributed by atoms with Crippen molar-refractivity contribution in [2.24, 2.45) is 5.41 Å². The van der Waals surface area contributed by atoms with Crippen LogP contribution in [0.5, 0.6) is 11.5 Å². The van der Waals surface area contributed by atoms with Gasteiger partial charge in [-0.1, -0.05) is 62.7 Å². The minimum absolute atomic E-state index is 0.152. The highest BCUT2D eigenvalue weighted by Crippen LogP contribution is 2.37. The van der Waals surface area contributed by atoms with Crippen molar-refractivity contribution in [3.8, 4) is 11.5 Å². The molecule has 154 valence electrons. The van der Waals surface area contributed by atoms with Crippen LogP contribution in [0, 0.1) is 5.41 Å². The number of ether oxygens (including phenoxy) is 2. The Bertz CT molecular complexity index is 751. The van der Waals surface area contributed by atoms with Crippen LogP contribution in [0.2, 0.25) is 5.02 Å². The summed E-state index contributed by atoms with van der Waals surface area (Å²) in [5.41, 5.74) is 2.69. The van der Waals surface area contributed by atoms with Crippen molar-refractivity contribution in [1.82, 2.24) is 0 Å². The normalized spacial score (nSPS) is 12.1. The van der Waals surface area contributed by atoms with Crippen LogP contribution in [-0.2, 0) is 13.2 Å². The fourth-order valence-electron chi connectivity index (χ4n) is 3.71. The SMILES string of the molecule is CCOc1cc(C[NH2+]C(C)(C)CC(C)(C)C)cc(Cl)c1OCc1ccccc1. The van der Waals surface area contributed by atoms with Crippen molar-refractivity contribution in [2.45, 2.75) is 66.7 Å². The van der Waals surface area contributed by atoms with Crippen LogP contribution in [0.3, 0.4) is 0 Å². The molecular formula is C24H35ClNO2+. The Morgan fingerprint density at radius 2 is 1.61 bits per heavy atom. The predicted molar refractivity (Wildman–Crippen MR) is 117 cm³/mol. The zero-order valence-corrected chi connectivity index (χ0v) is 18.9. The van der Waals surface area contributed by atoms with Crippen molar-refractivity contribution in [3.05, 3.63) is 58.6 Å². The maximum Gasteiger partial charge on any atom is 0.180 e. The molecule has 0 aliphatic rings. The Morgan fingerprint density at radius 3 is 2.21 bits per heavy atom. The molecule has 28 heavy (non-hydrogen) atoms. The third kappa shape index (κ3) is 7.37. The van der Waals surface area contributed by atoms with Crippen LogP contribution < -0.4 is 14.8 Å². The molecule has 3 nitrogen and oxygen atoms in total. The van der Waals surface area contributed by atoms with E-state index in [0.717, 1.165) is 24.1 Å². The van der Waals surface area contributed by atoms with Gasteiger partial charge in [0.05, 0.1) is 17.2 Å². The maximum atomic E-state index is 6.57. The highest BCUT2D eigenvalue weighted by atomic mass is 35.5. The van der Waals surface area contributed by atoms with E-state index in [9.17, 15) is 0 Å². The summed E-state index contributed by atoms with van der Waals surface area (Å²) in [6.45, 7) is 15.3. The number of hydrogen-bond donors (Lipinski definition) is 1. The number of quaternary nitrogens is 1. The Kier molecular flexibility index (Phi) is 7.79. The summed E-state index contributed by atoms with van der Waals surface area (Å²) in [6.07, 6.45) is 1.13. The molecule has 0 heterocycles. The van der Waals surface area contributed by atoms with E-state index >= 15 is 0 Å². The van der Waals surface area contributed by atoms with Crippen LogP contribution in [0.1, 0.15) is 59.1 Å². The summed E-state index contributed by atoms with van der Waals surface area (Å²) in [7, 11) is 0. The minimum Gasteiger partial charge on any atom is -0.490 e. The van der Waals surface area contributed by atoms with Crippen molar-refractivity contribution < 1.29 is 14.8 Å². The van der Waals surface area contributed by atoms with E-state index in [0.29, 0.717) is 35.2 Å². The van der Waals surface area contributed by atoms with E-state index in [4.69, 9.17) is 21.1 Å². The first-order valence-electron chi connectivity index (χ1n) is 10.1. The summed E-state index contributed by atoms with van der Waals surface area (Å²) in [5, 5.41) is 2.98. The quantitative estimate of drug-likeness (QED) is 0.590. The van der Waals surface area contributed by atoms with Gasteiger partial charge in [-0.15, -0.1) is 0 Å². The number of hydrogen-bond acceptors (Lipinski definition) is 2. The molecule has 0 radical (unpaired) electrons. The number of benzene rings is 2. The van der Waals surface area contributed by atoms with Gasteiger partial charge >= 0.3 is 0 Å². The second-order valence-electron chi connectivity index (χ2n) is 9.25. The van der Waals surface area contributed by atoms with E-state index in [1.54, 1.807) is 0 Å². The summed E-state index contributed by atoms with van der Waals surface area (Å²) >= 11 is 6.57. The number of halogens is 1. The smallest absolute Gasteiger partial charge is 0.180 e. The Hall–Kier alpha value is -1.71. The second kappa shape index (κ2) is 9.67. The molecule has 2 aromatic rings. The lowest BCUT2D eigenvalue weighted by Gasteiger charge is -2.30. The highest BCUT2D eigenvalue weighted by molar-refractivity contribution is 6.32. The van der Waals surface area contributed by atoms with Gasteiger partial charge in [-0.2, -0.15) is 0 Å². The molecule has 0 saturated heterocycles. The van der Waals surface area contributed by atoms with Crippen molar-refractivity contribution >= 4 is 11.6 Å². The van der Waals surface area contributed by atoms with E-state index in [2.05, 4.69) is 46.0 Å². The molecule has 2 aromatic carbocycles. The molecule has 0 spiro atoms. The average Bonchev–Trinajstić information content (AvgIpc) is 2.58. The van der Waals surface area contributed by atoms with Crippen molar-refractivity contribution in [1.29, 1.82) is 0 Å². The van der Waals surface area contributed by atoms with Gasteiger partial charge in [-0.25, -0.2) is 0 Å². The van der Waals surface area contributed by atoms with Crippen molar-refractivity contribution in [2.75, 3.05) is 6.61 Å². The molecule has 0 amide bonds. The molecule has 0 aliphatic carbocycles. The molecule has 0 aliphatic heterocycles. The van der Waals surface area contributed by atoms with E-state index in [-0.39, 0.29) is 5.54 Å². The van der Waals surface area contributed by atoms with Crippen LogP contribution in [0.4, 0.5) is 0 Å². The van der Waals surface area contributed by atoms with Gasteiger partial charge < -0.3 is 14.8 Å². The molecule has 0 bridgehead atoms. The molecular weight excluding hydrogens is 370 g/mol. The van der Waals surface area contributed by atoms with Crippen LogP contribution in [-0.4, -0.2) is 12.1 Å². The van der Waals surface area contributed by atoms with Gasteiger partial charge in [-0.05, 0) is 43.9 Å². The zero-order chi connectivity index (χ0) is 20.8. The van der Waals surface area contributed by atoms with Crippen molar-refractivity contribution in [3.63, 3.8) is 0 Å². The van der Waals surface area contributed by atoms with Crippen LogP contribution >= 0.6 is 11.6 Å². The first-order chi connectivity index (χ1) is 13.1. The molecule has 2 rings (SSSR count). The van der Waals surface area contributed by atoms with Gasteiger partial charge in [-0.3, -0.25) is 0 Å². The third-order valence-electron chi connectivity index (χ3n) is 4.47. The summed E-state index contributed by atoms with van der Waals surface area (Å²) < 4.78 is 11.8. The summed E-state index contributed by atoms with van der Waals surface area (Å²) in [5.74, 6) is 1.33. The van der Waals surface area contributed by atoms with Gasteiger partial charge in [0.2, 0.25) is 0 Å². The van der Waals surface area contributed by atoms with Gasteiger partial charge in [0, 0.05) is 12.0 Å². The molecule has 0 unspecified atom stereocenters. The summed E-state index contributed by atoms with van der Waals surface area (Å²) in [6, 6.07) is 14.1. The largest absolute Gasteiger partial charge is 0.490 e. The van der Waals surface area contributed by atoms with Gasteiger partial charge in [0.1, 0.15) is 13.2 Å². The fourth-order valence-corrected chi connectivity index (χ4v) is 3.99. The lowest BCUT2D eigenvalue weighted by Crippen LogP contribution is -2.94. The highest BCUT2D eigenvalue weighted by Gasteiger charge is 2.28. The summed E-state index contributed by atoms with van der Waals surface area (Å²) in [4.78, 5) is 0. The second-order valence-corrected chi connectivity index (χ2v) is 9.65. The van der Waals surface area contributed by atoms with Crippen LogP contribution in [0.25, 0.3) is 0 Å². The van der Waals surface area contributed by atoms with E-state index in [1.807, 2.05) is 43.3 Å². The lowest BCUT2D eigenvalue weighted by atomic mass is 9.82. The molecule has 0 fully saturated rings. The first-order valence-corrected chi connectivity index (χ1v) is 10.4. The molecule has 0 saturated carbocycles. The third-order valence-corrected chi connectivity index (χ3v) is 4.75. The Morgan fingerprint density at radius 1 is 0.929 bits per heavy atom. The standard InChI is InChI=1S/C24H34ClNO2/c1-7-27-21-14-19(15-26-24(5,6)17-23(2,3)4)13-20(25)22(21)28-16-18-11-9-8-10-12-18/h8-14,26H,7,15-17H2,1-6H3/p+1. The predicted octanol–water partition coefficient (Wildman–Crippen LogP) is 5.60. The molecule has 0 aromatic heterocycles. The lowest BCUT2D eigenvalue weighted by molar-refractivity contribution is -0.737. The van der Waals surface area contributed by atoms with Crippen LogP contribution in [0.15, 0.2) is 42.5 Å². The Balaban J connectivity index is 2.12. The van der Waals surface area contributed by atoms with E-state index in [1.165, 1.54) is 0 Å². The maximum absolute atomic E-state index is 6.57.